The number of non-ortho nitro benzene ring substituents is 1. The summed E-state index contributed by atoms with van der Waals surface area (Å²) < 4.78 is 16.7. The number of ether oxygens (including phenoxy) is 3. The highest BCUT2D eigenvalue weighted by atomic mass is 35.5. The maximum absolute atomic E-state index is 12.6. The highest BCUT2D eigenvalue weighted by molar-refractivity contribution is 6.40. The van der Waals surface area contributed by atoms with Crippen LogP contribution in [0.4, 0.5) is 5.69 Å². The minimum Gasteiger partial charge on any atom is -0.508 e. The molecule has 0 radical (unpaired) electrons. The number of nitro groups is 1. The quantitative estimate of drug-likeness (QED) is 0.0434. The lowest BCUT2D eigenvalue weighted by Gasteiger charge is -2.33. The molecule has 5 rings (SSSR count). The summed E-state index contributed by atoms with van der Waals surface area (Å²) in [6, 6.07) is 17.4. The molecule has 7 N–H and O–H groups in total. The van der Waals surface area contributed by atoms with Crippen molar-refractivity contribution in [2.75, 3.05) is 5.34 Å². The third-order valence-electron chi connectivity index (χ3n) is 5.59. The van der Waals surface area contributed by atoms with Crippen molar-refractivity contribution < 1.29 is 59.7 Å². The van der Waals surface area contributed by atoms with Crippen molar-refractivity contribution in [3.05, 3.63) is 94.0 Å². The van der Waals surface area contributed by atoms with Gasteiger partial charge < -0.3 is 50.0 Å². The second-order valence-electron chi connectivity index (χ2n) is 8.75. The number of benzene rings is 4. The van der Waals surface area contributed by atoms with Crippen LogP contribution in [0.3, 0.4) is 0 Å². The number of alkyl halides is 2. The number of hydrogen-bond donors (Lipinski definition) is 7. The van der Waals surface area contributed by atoms with Gasteiger partial charge in [-0.3, -0.25) is 10.1 Å². The number of nitro benzene ring substituents is 1. The highest BCUT2D eigenvalue weighted by Gasteiger charge is 2.37. The van der Waals surface area contributed by atoms with Gasteiger partial charge in [-0.05, 0) is 36.4 Å². The molecule has 1 heterocycles. The average Bonchev–Trinajstić information content (AvgIpc) is 3.03. The van der Waals surface area contributed by atoms with E-state index in [0.29, 0.717) is 0 Å². The summed E-state index contributed by atoms with van der Waals surface area (Å²) in [5.41, 5.74) is -0.147. The third-order valence-corrected chi connectivity index (χ3v) is 5.59. The zero-order valence-electron chi connectivity index (χ0n) is 24.0. The van der Waals surface area contributed by atoms with Gasteiger partial charge in [0.1, 0.15) is 5.75 Å². The number of hydrogen-bond acceptors (Lipinski definition) is 14. The van der Waals surface area contributed by atoms with E-state index >= 15 is 0 Å². The van der Waals surface area contributed by atoms with Crippen molar-refractivity contribution in [1.29, 1.82) is 5.26 Å². The number of nitriles is 1. The average molecular weight is 693 g/mol. The summed E-state index contributed by atoms with van der Waals surface area (Å²) in [4.78, 5) is 22.2. The van der Waals surface area contributed by atoms with Crippen LogP contribution in [0.2, 0.25) is 0 Å². The van der Waals surface area contributed by atoms with Gasteiger partial charge in [-0.1, -0.05) is 18.2 Å². The first-order chi connectivity index (χ1) is 22.3. The number of halogens is 2. The minimum atomic E-state index is -1.51. The maximum Gasteiger partial charge on any atom is 0.341 e. The van der Waals surface area contributed by atoms with Crippen LogP contribution in [-0.4, -0.2) is 58.3 Å². The Balaban J connectivity index is 0.000000426. The number of nitrogens with zero attached hydrogens (tertiary/aromatic N) is 2. The van der Waals surface area contributed by atoms with Gasteiger partial charge in [0.05, 0.1) is 21.9 Å². The molecule has 17 heteroatoms. The number of esters is 1. The monoisotopic (exact) mass is 692 g/mol. The van der Waals surface area contributed by atoms with E-state index in [9.17, 15) is 50.7 Å². The molecule has 0 saturated carbocycles. The second-order valence-corrected chi connectivity index (χ2v) is 9.56. The summed E-state index contributed by atoms with van der Waals surface area (Å²) in [6.07, 6.45) is -2.80. The SMILES string of the molecule is CC#N.ClCCl.O=C(O[C@@H]1Oc2ccc(O)cc2O[C@@H]1c1cc(O)c(O)c(O)c1)c1cc(O)c(O)c(O)c1.O=[N+]([O-])c1ccccc1. The van der Waals surface area contributed by atoms with Gasteiger partial charge in [0.25, 0.3) is 12.0 Å². The molecule has 1 aliphatic heterocycles. The molecule has 0 aromatic heterocycles. The molecule has 0 unspecified atom stereocenters. The lowest BCUT2D eigenvalue weighted by atomic mass is 10.1. The smallest absolute Gasteiger partial charge is 0.341 e. The summed E-state index contributed by atoms with van der Waals surface area (Å²) in [5.74, 6) is -5.53. The second kappa shape index (κ2) is 17.5. The summed E-state index contributed by atoms with van der Waals surface area (Å²) >= 11 is 9.53. The summed E-state index contributed by atoms with van der Waals surface area (Å²) in [5, 5.41) is 85.2. The predicted octanol–water partition coefficient (Wildman–Crippen LogP) is 5.87. The first-order valence-electron chi connectivity index (χ1n) is 12.8. The Morgan fingerprint density at radius 3 is 1.81 bits per heavy atom. The zero-order valence-corrected chi connectivity index (χ0v) is 25.5. The Morgan fingerprint density at radius 2 is 1.34 bits per heavy atom. The van der Waals surface area contributed by atoms with E-state index in [-0.39, 0.29) is 39.4 Å². The zero-order chi connectivity index (χ0) is 35.3. The first kappa shape index (κ1) is 37.2. The van der Waals surface area contributed by atoms with E-state index < -0.39 is 57.8 Å². The molecule has 0 amide bonds. The van der Waals surface area contributed by atoms with E-state index in [1.165, 1.54) is 37.3 Å². The van der Waals surface area contributed by atoms with Crippen LogP contribution in [0.15, 0.2) is 72.8 Å². The van der Waals surface area contributed by atoms with Crippen molar-refractivity contribution in [2.24, 2.45) is 0 Å². The van der Waals surface area contributed by atoms with Gasteiger partial charge in [-0.15, -0.1) is 23.2 Å². The normalized spacial score (nSPS) is 13.8. The topological polar surface area (TPSA) is 253 Å². The lowest BCUT2D eigenvalue weighted by molar-refractivity contribution is -0.384. The van der Waals surface area contributed by atoms with Crippen LogP contribution < -0.4 is 9.47 Å². The summed E-state index contributed by atoms with van der Waals surface area (Å²) in [6.45, 7) is 1.43. The van der Waals surface area contributed by atoms with E-state index in [0.717, 1.165) is 24.3 Å². The first-order valence-corrected chi connectivity index (χ1v) is 13.8. The molecule has 2 atom stereocenters. The number of rotatable bonds is 4. The fourth-order valence-electron chi connectivity index (χ4n) is 3.61. The van der Waals surface area contributed by atoms with Crippen molar-refractivity contribution in [3.63, 3.8) is 0 Å². The number of phenols is 7. The fraction of sp³-hybridized carbons (Fsp3) is 0.133. The van der Waals surface area contributed by atoms with Gasteiger partial charge in [0.15, 0.2) is 52.1 Å². The molecule has 0 saturated heterocycles. The third kappa shape index (κ3) is 10.3. The number of phenolic OH excluding ortho intramolecular Hbond substituents is 7. The van der Waals surface area contributed by atoms with Gasteiger partial charge in [0.2, 0.25) is 0 Å². The van der Waals surface area contributed by atoms with Crippen LogP contribution in [0, 0.1) is 21.4 Å². The number of carbonyl (C=O) groups excluding carboxylic acids is 1. The van der Waals surface area contributed by atoms with Crippen molar-refractivity contribution in [1.82, 2.24) is 0 Å². The standard InChI is InChI=1S/C21H16O11.C6H5NO2.C2H3N.CH2Cl2/c22-10-1-2-15-16(7-10)30-19(8-3-11(23)17(27)12(24)4-8)21(31-15)32-20(29)9-5-13(25)18(28)14(26)6-9;8-7(9)6-4-2-1-3-5-6;1-2-3;2-1-3/h1-7,19,21-28H;1-5H;1H3;1H2/t19-,21+;;;/m1.../s1. The summed E-state index contributed by atoms with van der Waals surface area (Å²) in [7, 11) is 0. The van der Waals surface area contributed by atoms with Crippen LogP contribution >= 0.6 is 23.2 Å². The molecule has 0 spiro atoms. The Labute approximate surface area is 276 Å². The van der Waals surface area contributed by atoms with Crippen molar-refractivity contribution in [2.45, 2.75) is 19.3 Å². The van der Waals surface area contributed by atoms with Gasteiger partial charge in [0, 0.05) is 30.7 Å². The van der Waals surface area contributed by atoms with E-state index in [2.05, 4.69) is 0 Å². The number of aromatic hydroxyl groups is 7. The van der Waals surface area contributed by atoms with Crippen LogP contribution in [-0.2, 0) is 4.74 Å². The number of fused-ring (bicyclic) bond motifs is 1. The molecule has 15 nitrogen and oxygen atoms in total. The highest BCUT2D eigenvalue weighted by Crippen LogP contribution is 2.45. The van der Waals surface area contributed by atoms with Crippen LogP contribution in [0.5, 0.6) is 51.7 Å². The fourth-order valence-corrected chi connectivity index (χ4v) is 3.61. The Kier molecular flexibility index (Phi) is 13.8. The van der Waals surface area contributed by atoms with Crippen molar-refractivity contribution >= 4 is 34.9 Å². The number of para-hydroxylation sites is 1. The van der Waals surface area contributed by atoms with Crippen LogP contribution in [0.25, 0.3) is 0 Å². The molecule has 4 aromatic carbocycles. The molecular formula is C30H26Cl2N2O13. The van der Waals surface area contributed by atoms with Crippen LogP contribution in [0.1, 0.15) is 28.9 Å². The molecule has 0 fully saturated rings. The van der Waals surface area contributed by atoms with E-state index in [1.54, 1.807) is 24.3 Å². The Hall–Kier alpha value is -5.98. The van der Waals surface area contributed by atoms with E-state index in [4.69, 9.17) is 42.7 Å². The maximum atomic E-state index is 12.6. The molecule has 1 aliphatic rings. The minimum absolute atomic E-state index is 0.0426. The molecule has 4 aromatic rings. The molecule has 248 valence electrons. The van der Waals surface area contributed by atoms with Gasteiger partial charge in [-0.2, -0.15) is 5.26 Å². The molecule has 0 aliphatic carbocycles. The van der Waals surface area contributed by atoms with Gasteiger partial charge >= 0.3 is 5.97 Å². The van der Waals surface area contributed by atoms with Crippen molar-refractivity contribution in [3.8, 4) is 57.8 Å². The molecule has 47 heavy (non-hydrogen) atoms. The molecular weight excluding hydrogens is 667 g/mol. The van der Waals surface area contributed by atoms with E-state index in [1.807, 2.05) is 0 Å². The Morgan fingerprint density at radius 1 is 0.851 bits per heavy atom. The Bertz CT molecular complexity index is 1690. The predicted molar refractivity (Wildman–Crippen MR) is 165 cm³/mol. The molecule has 0 bridgehead atoms. The lowest BCUT2D eigenvalue weighted by Crippen LogP contribution is -2.37. The number of carbonyl (C=O) groups is 1. The van der Waals surface area contributed by atoms with Gasteiger partial charge in [-0.25, -0.2) is 4.79 Å². The largest absolute Gasteiger partial charge is 0.508 e.